The van der Waals surface area contributed by atoms with Gasteiger partial charge in [0.15, 0.2) is 11.5 Å². The molecule has 0 atom stereocenters. The number of hydrogen-bond donors (Lipinski definition) is 1. The highest BCUT2D eigenvalue weighted by Gasteiger charge is 2.17. The zero-order chi connectivity index (χ0) is 23.0. The van der Waals surface area contributed by atoms with Crippen molar-refractivity contribution in [1.82, 2.24) is 20.1 Å². The number of aromatic nitrogens is 3. The average Bonchev–Trinajstić information content (AvgIpc) is 3.30. The van der Waals surface area contributed by atoms with Crippen LogP contribution in [0.2, 0.25) is 0 Å². The molecule has 0 spiro atoms. The average molecular weight is 443 g/mol. The van der Waals surface area contributed by atoms with Crippen LogP contribution < -0.4 is 14.8 Å². The summed E-state index contributed by atoms with van der Waals surface area (Å²) in [4.78, 5) is 17.2. The van der Waals surface area contributed by atoms with Gasteiger partial charge >= 0.3 is 0 Å². The molecule has 7 nitrogen and oxygen atoms in total. The number of hydrogen-bond acceptors (Lipinski definition) is 5. The first-order valence-corrected chi connectivity index (χ1v) is 10.9. The lowest BCUT2D eigenvalue weighted by Gasteiger charge is -2.11. The first-order chi connectivity index (χ1) is 16.2. The van der Waals surface area contributed by atoms with Crippen molar-refractivity contribution in [2.75, 3.05) is 6.61 Å². The van der Waals surface area contributed by atoms with Crippen LogP contribution in [0, 0.1) is 0 Å². The molecule has 4 aromatic rings. The van der Waals surface area contributed by atoms with Gasteiger partial charge in [-0.2, -0.15) is 5.10 Å². The van der Waals surface area contributed by atoms with E-state index in [1.165, 1.54) is 0 Å². The van der Waals surface area contributed by atoms with Gasteiger partial charge in [-0.15, -0.1) is 0 Å². The third-order valence-electron chi connectivity index (χ3n) is 5.06. The van der Waals surface area contributed by atoms with Gasteiger partial charge in [-0.05, 0) is 43.2 Å². The third kappa shape index (κ3) is 5.20. The first-order valence-electron chi connectivity index (χ1n) is 10.9. The summed E-state index contributed by atoms with van der Waals surface area (Å²) >= 11 is 0. The van der Waals surface area contributed by atoms with E-state index in [0.717, 1.165) is 16.9 Å². The van der Waals surface area contributed by atoms with E-state index in [9.17, 15) is 4.79 Å². The fraction of sp³-hybridized carbons (Fsp3) is 0.192. The topological polar surface area (TPSA) is 78.3 Å². The Morgan fingerprint density at radius 1 is 0.939 bits per heavy atom. The zero-order valence-electron chi connectivity index (χ0n) is 18.7. The number of pyridine rings is 1. The number of amides is 1. The second kappa shape index (κ2) is 10.5. The summed E-state index contributed by atoms with van der Waals surface area (Å²) < 4.78 is 13.2. The van der Waals surface area contributed by atoms with Gasteiger partial charge in [0.1, 0.15) is 0 Å². The molecule has 168 valence electrons. The van der Waals surface area contributed by atoms with Crippen molar-refractivity contribution in [3.63, 3.8) is 0 Å². The van der Waals surface area contributed by atoms with Crippen LogP contribution in [0.1, 0.15) is 35.5 Å². The summed E-state index contributed by atoms with van der Waals surface area (Å²) in [6.07, 6.45) is 3.99. The molecule has 2 heterocycles. The fourth-order valence-electron chi connectivity index (χ4n) is 3.47. The number of rotatable bonds is 9. The van der Waals surface area contributed by atoms with Gasteiger partial charge in [-0.25, -0.2) is 9.67 Å². The van der Waals surface area contributed by atoms with Gasteiger partial charge in [0, 0.05) is 18.8 Å². The lowest BCUT2D eigenvalue weighted by molar-refractivity contribution is 0.0950. The number of ether oxygens (including phenoxy) is 2. The van der Waals surface area contributed by atoms with Crippen molar-refractivity contribution >= 4 is 5.91 Å². The zero-order valence-corrected chi connectivity index (χ0v) is 18.7. The van der Waals surface area contributed by atoms with Crippen LogP contribution in [0.3, 0.4) is 0 Å². The summed E-state index contributed by atoms with van der Waals surface area (Å²) in [6, 6.07) is 20.9. The Morgan fingerprint density at radius 2 is 1.70 bits per heavy atom. The molecule has 0 bridgehead atoms. The van der Waals surface area contributed by atoms with Crippen LogP contribution in [0.25, 0.3) is 5.69 Å². The number of nitrogens with one attached hydrogen (secondary N) is 1. The summed E-state index contributed by atoms with van der Waals surface area (Å²) in [5, 5.41) is 7.38. The van der Waals surface area contributed by atoms with Gasteiger partial charge in [-0.1, -0.05) is 43.3 Å². The van der Waals surface area contributed by atoms with Crippen LogP contribution in [0.15, 0.2) is 79.1 Å². The Balaban J connectivity index is 1.40. The molecular formula is C26H26N4O3. The molecule has 0 unspecified atom stereocenters. The second-order valence-electron chi connectivity index (χ2n) is 7.28. The maximum absolute atomic E-state index is 12.8. The Bertz CT molecular complexity index is 1200. The maximum atomic E-state index is 12.8. The van der Waals surface area contributed by atoms with Crippen molar-refractivity contribution in [2.24, 2.45) is 0 Å². The lowest BCUT2D eigenvalue weighted by atomic mass is 10.2. The number of carbonyl (C=O) groups is 1. The molecular weight excluding hydrogens is 416 g/mol. The molecule has 1 amide bonds. The van der Waals surface area contributed by atoms with E-state index in [1.807, 2.05) is 79.2 Å². The molecule has 33 heavy (non-hydrogen) atoms. The van der Waals surface area contributed by atoms with Gasteiger partial charge in [0.25, 0.3) is 5.91 Å². The van der Waals surface area contributed by atoms with Crippen molar-refractivity contribution in [3.8, 4) is 23.1 Å². The Kier molecular flexibility index (Phi) is 6.99. The fourth-order valence-corrected chi connectivity index (χ4v) is 3.47. The smallest absolute Gasteiger partial charge is 0.255 e. The van der Waals surface area contributed by atoms with E-state index in [0.29, 0.717) is 42.5 Å². The molecule has 7 heteroatoms. The van der Waals surface area contributed by atoms with Crippen molar-refractivity contribution < 1.29 is 14.3 Å². The number of para-hydroxylation sites is 3. The molecule has 2 aromatic carbocycles. The molecule has 0 saturated heterocycles. The minimum absolute atomic E-state index is 0.167. The predicted octanol–water partition coefficient (Wildman–Crippen LogP) is 4.95. The summed E-state index contributed by atoms with van der Waals surface area (Å²) in [7, 11) is 0. The van der Waals surface area contributed by atoms with Crippen LogP contribution in [0.5, 0.6) is 17.4 Å². The van der Waals surface area contributed by atoms with E-state index < -0.39 is 0 Å². The van der Waals surface area contributed by atoms with Gasteiger partial charge in [-0.3, -0.25) is 4.79 Å². The molecule has 0 aliphatic carbocycles. The van der Waals surface area contributed by atoms with E-state index in [1.54, 1.807) is 18.5 Å². The molecule has 0 aliphatic rings. The SMILES string of the molecule is CCOc1ccccc1Oc1ccc(CNC(=O)c2cnn(-c3ccccc3)c2CC)cn1. The van der Waals surface area contributed by atoms with E-state index in [4.69, 9.17) is 9.47 Å². The Hall–Kier alpha value is -4.13. The van der Waals surface area contributed by atoms with E-state index in [2.05, 4.69) is 15.4 Å². The van der Waals surface area contributed by atoms with Crippen molar-refractivity contribution in [3.05, 3.63) is 95.9 Å². The molecule has 0 saturated carbocycles. The summed E-state index contributed by atoms with van der Waals surface area (Å²) in [5.41, 5.74) is 3.23. The normalized spacial score (nSPS) is 10.6. The van der Waals surface area contributed by atoms with Crippen LogP contribution in [-0.4, -0.2) is 27.3 Å². The quantitative estimate of drug-likeness (QED) is 0.397. The largest absolute Gasteiger partial charge is 0.490 e. The maximum Gasteiger partial charge on any atom is 0.255 e. The number of benzene rings is 2. The van der Waals surface area contributed by atoms with Crippen LogP contribution >= 0.6 is 0 Å². The number of nitrogens with zero attached hydrogens (tertiary/aromatic N) is 3. The van der Waals surface area contributed by atoms with Crippen molar-refractivity contribution in [2.45, 2.75) is 26.8 Å². The van der Waals surface area contributed by atoms with Crippen LogP contribution in [-0.2, 0) is 13.0 Å². The van der Waals surface area contributed by atoms with Gasteiger partial charge < -0.3 is 14.8 Å². The molecule has 2 aromatic heterocycles. The Morgan fingerprint density at radius 3 is 2.39 bits per heavy atom. The molecule has 0 radical (unpaired) electrons. The van der Waals surface area contributed by atoms with E-state index in [-0.39, 0.29) is 5.91 Å². The number of carbonyl (C=O) groups excluding carboxylic acids is 1. The molecule has 0 fully saturated rings. The summed E-state index contributed by atoms with van der Waals surface area (Å²) in [5.74, 6) is 1.56. The molecule has 4 rings (SSSR count). The highest BCUT2D eigenvalue weighted by Crippen LogP contribution is 2.30. The minimum atomic E-state index is -0.167. The second-order valence-corrected chi connectivity index (χ2v) is 7.28. The first kappa shape index (κ1) is 22.1. The van der Waals surface area contributed by atoms with E-state index >= 15 is 0 Å². The standard InChI is InChI=1S/C26H26N4O3/c1-3-22-21(18-29-30(22)20-10-6-5-7-11-20)26(31)28-17-19-14-15-25(27-16-19)33-24-13-9-8-12-23(24)32-4-2/h5-16,18H,3-4,17H2,1-2H3,(H,28,31). The Labute approximate surface area is 193 Å². The van der Waals surface area contributed by atoms with Gasteiger partial charge in [0.2, 0.25) is 5.88 Å². The predicted molar refractivity (Wildman–Crippen MR) is 126 cm³/mol. The highest BCUT2D eigenvalue weighted by atomic mass is 16.5. The van der Waals surface area contributed by atoms with Crippen molar-refractivity contribution in [1.29, 1.82) is 0 Å². The summed E-state index contributed by atoms with van der Waals surface area (Å²) in [6.45, 7) is 4.84. The molecule has 0 aliphatic heterocycles. The van der Waals surface area contributed by atoms with Gasteiger partial charge in [0.05, 0.1) is 29.7 Å². The third-order valence-corrected chi connectivity index (χ3v) is 5.06. The monoisotopic (exact) mass is 442 g/mol. The highest BCUT2D eigenvalue weighted by molar-refractivity contribution is 5.95. The molecule has 1 N–H and O–H groups in total. The lowest BCUT2D eigenvalue weighted by Crippen LogP contribution is -2.23. The minimum Gasteiger partial charge on any atom is -0.490 e. The van der Waals surface area contributed by atoms with Crippen LogP contribution in [0.4, 0.5) is 0 Å².